The largest absolute Gasteiger partial charge is 0.494 e. The van der Waals surface area contributed by atoms with E-state index in [4.69, 9.17) is 9.31 Å². The first-order chi connectivity index (χ1) is 14.8. The van der Waals surface area contributed by atoms with E-state index < -0.39 is 0 Å². The number of aromatic nitrogens is 2. The number of hydrogen-bond donors (Lipinski definition) is 0. The van der Waals surface area contributed by atoms with E-state index in [1.807, 2.05) is 36.9 Å². The van der Waals surface area contributed by atoms with E-state index >= 15 is 0 Å². The van der Waals surface area contributed by atoms with Crippen molar-refractivity contribution in [3.63, 3.8) is 0 Å². The fourth-order valence-corrected chi connectivity index (χ4v) is 3.86. The lowest BCUT2D eigenvalue weighted by molar-refractivity contribution is 0.00578. The number of hydrogen-bond acceptors (Lipinski definition) is 4. The minimum Gasteiger partial charge on any atom is -0.399 e. The van der Waals surface area contributed by atoms with Crippen molar-refractivity contribution >= 4 is 12.6 Å². The molecule has 0 radical (unpaired) electrons. The molecule has 1 aromatic carbocycles. The summed E-state index contributed by atoms with van der Waals surface area (Å²) in [6.07, 6.45) is 11.4. The van der Waals surface area contributed by atoms with Crippen LogP contribution in [-0.4, -0.2) is 28.3 Å². The molecule has 3 aromatic rings. The Morgan fingerprint density at radius 2 is 1.13 bits per heavy atom. The van der Waals surface area contributed by atoms with Gasteiger partial charge in [-0.15, -0.1) is 0 Å². The van der Waals surface area contributed by atoms with Gasteiger partial charge in [0.1, 0.15) is 0 Å². The maximum Gasteiger partial charge on any atom is 0.494 e. The molecular formula is C26H31BN2O2. The van der Waals surface area contributed by atoms with Gasteiger partial charge in [-0.05, 0) is 93.2 Å². The molecule has 0 bridgehead atoms. The summed E-state index contributed by atoms with van der Waals surface area (Å²) in [7, 11) is -0.347. The molecule has 1 aliphatic rings. The summed E-state index contributed by atoms with van der Waals surface area (Å²) >= 11 is 0. The van der Waals surface area contributed by atoms with Crippen LogP contribution in [0.4, 0.5) is 0 Å². The summed E-state index contributed by atoms with van der Waals surface area (Å²) < 4.78 is 12.7. The van der Waals surface area contributed by atoms with E-state index in [9.17, 15) is 0 Å². The normalized spacial score (nSPS) is 17.1. The van der Waals surface area contributed by atoms with Gasteiger partial charge in [-0.25, -0.2) is 0 Å². The monoisotopic (exact) mass is 414 g/mol. The highest BCUT2D eigenvalue weighted by atomic mass is 16.7. The van der Waals surface area contributed by atoms with Gasteiger partial charge < -0.3 is 9.31 Å². The zero-order valence-electron chi connectivity index (χ0n) is 19.0. The Bertz CT molecular complexity index is 929. The molecule has 0 spiro atoms. The second-order valence-electron chi connectivity index (χ2n) is 9.39. The van der Waals surface area contributed by atoms with E-state index in [0.29, 0.717) is 0 Å². The molecule has 0 N–H and O–H groups in total. The molecule has 4 rings (SSSR count). The Balaban J connectivity index is 1.57. The summed E-state index contributed by atoms with van der Waals surface area (Å²) in [6.45, 7) is 8.40. The minimum atomic E-state index is -0.348. The van der Waals surface area contributed by atoms with Crippen LogP contribution < -0.4 is 5.46 Å². The van der Waals surface area contributed by atoms with Crippen molar-refractivity contribution in [2.24, 2.45) is 0 Å². The van der Waals surface area contributed by atoms with Gasteiger partial charge >= 0.3 is 7.12 Å². The summed E-state index contributed by atoms with van der Waals surface area (Å²) in [5, 5.41) is 0. The van der Waals surface area contributed by atoms with Gasteiger partial charge in [0, 0.05) is 24.8 Å². The van der Waals surface area contributed by atoms with Gasteiger partial charge in [0.15, 0.2) is 0 Å². The van der Waals surface area contributed by atoms with Crippen molar-refractivity contribution in [2.45, 2.75) is 64.6 Å². The zero-order chi connectivity index (χ0) is 21.9. The van der Waals surface area contributed by atoms with Crippen molar-refractivity contribution in [1.82, 2.24) is 9.97 Å². The second-order valence-corrected chi connectivity index (χ2v) is 9.39. The summed E-state index contributed by atoms with van der Waals surface area (Å²) in [5.74, 6) is 0. The maximum absolute atomic E-state index is 6.34. The Labute approximate surface area is 186 Å². The molecule has 160 valence electrons. The topological polar surface area (TPSA) is 44.2 Å². The molecule has 0 unspecified atom stereocenters. The van der Waals surface area contributed by atoms with Crippen LogP contribution in [0, 0.1) is 0 Å². The van der Waals surface area contributed by atoms with Crippen LogP contribution in [0.15, 0.2) is 67.3 Å². The third kappa shape index (κ3) is 5.23. The van der Waals surface area contributed by atoms with Crippen molar-refractivity contribution in [3.8, 4) is 0 Å². The summed E-state index contributed by atoms with van der Waals surface area (Å²) in [6, 6.07) is 15.1. The molecule has 1 fully saturated rings. The zero-order valence-corrected chi connectivity index (χ0v) is 19.0. The van der Waals surface area contributed by atoms with Crippen molar-refractivity contribution in [1.29, 1.82) is 0 Å². The molecule has 1 saturated heterocycles. The highest BCUT2D eigenvalue weighted by molar-refractivity contribution is 6.62. The SMILES string of the molecule is CC1(C)OB(c2cc(CCc3cccnc3)cc(CCc3cccnc3)c2)OC1(C)C. The quantitative estimate of drug-likeness (QED) is 0.540. The first-order valence-corrected chi connectivity index (χ1v) is 11.1. The molecule has 0 saturated carbocycles. The van der Waals surface area contributed by atoms with Crippen LogP contribution in [0.3, 0.4) is 0 Å². The fraction of sp³-hybridized carbons (Fsp3) is 0.385. The van der Waals surface area contributed by atoms with Crippen molar-refractivity contribution in [2.75, 3.05) is 0 Å². The standard InChI is InChI=1S/C26H31BN2O2/c1-25(2)26(3,4)31-27(30-25)24-16-22(11-9-20-7-5-13-28-18-20)15-23(17-24)12-10-21-8-6-14-29-19-21/h5-8,13-19H,9-12H2,1-4H3. The molecular weight excluding hydrogens is 383 g/mol. The second kappa shape index (κ2) is 8.93. The van der Waals surface area contributed by atoms with E-state index in [-0.39, 0.29) is 18.3 Å². The Morgan fingerprint density at radius 3 is 1.55 bits per heavy atom. The Hall–Kier alpha value is -2.50. The van der Waals surface area contributed by atoms with E-state index in [1.54, 1.807) is 0 Å². The molecule has 0 aliphatic carbocycles. The van der Waals surface area contributed by atoms with Gasteiger partial charge in [0.05, 0.1) is 11.2 Å². The predicted molar refractivity (Wildman–Crippen MR) is 125 cm³/mol. The lowest BCUT2D eigenvalue weighted by atomic mass is 9.76. The van der Waals surface area contributed by atoms with Crippen molar-refractivity contribution in [3.05, 3.63) is 89.5 Å². The molecule has 0 amide bonds. The minimum absolute atomic E-state index is 0.347. The third-order valence-electron chi connectivity index (χ3n) is 6.45. The molecule has 0 atom stereocenters. The number of benzene rings is 1. The predicted octanol–water partition coefficient (Wildman–Crippen LogP) is 4.35. The van der Waals surface area contributed by atoms with Gasteiger partial charge in [0.2, 0.25) is 0 Å². The van der Waals surface area contributed by atoms with Gasteiger partial charge in [0.25, 0.3) is 0 Å². The fourth-order valence-electron chi connectivity index (χ4n) is 3.86. The van der Waals surface area contributed by atoms with Crippen LogP contribution in [0.25, 0.3) is 0 Å². The molecule has 2 aromatic heterocycles. The average Bonchev–Trinajstić information content (AvgIpc) is 2.99. The lowest BCUT2D eigenvalue weighted by Gasteiger charge is -2.32. The van der Waals surface area contributed by atoms with Gasteiger partial charge in [-0.1, -0.05) is 30.3 Å². The maximum atomic E-state index is 6.34. The number of pyridine rings is 2. The van der Waals surface area contributed by atoms with E-state index in [2.05, 4.69) is 68.0 Å². The van der Waals surface area contributed by atoms with Crippen LogP contribution in [0.5, 0.6) is 0 Å². The molecule has 5 heteroatoms. The highest BCUT2D eigenvalue weighted by Crippen LogP contribution is 2.36. The number of aryl methyl sites for hydroxylation is 4. The molecule has 4 nitrogen and oxygen atoms in total. The third-order valence-corrected chi connectivity index (χ3v) is 6.45. The summed E-state index contributed by atoms with van der Waals surface area (Å²) in [4.78, 5) is 8.49. The Kier molecular flexibility index (Phi) is 6.26. The lowest BCUT2D eigenvalue weighted by Crippen LogP contribution is -2.41. The van der Waals surface area contributed by atoms with Crippen LogP contribution in [0.1, 0.15) is 49.9 Å². The molecule has 31 heavy (non-hydrogen) atoms. The van der Waals surface area contributed by atoms with E-state index in [1.165, 1.54) is 22.3 Å². The number of rotatable bonds is 7. The first kappa shape index (κ1) is 21.7. The Morgan fingerprint density at radius 1 is 0.677 bits per heavy atom. The highest BCUT2D eigenvalue weighted by Gasteiger charge is 2.51. The molecule has 3 heterocycles. The van der Waals surface area contributed by atoms with Gasteiger partial charge in [-0.3, -0.25) is 9.97 Å². The van der Waals surface area contributed by atoms with Gasteiger partial charge in [-0.2, -0.15) is 0 Å². The first-order valence-electron chi connectivity index (χ1n) is 11.1. The number of nitrogens with zero attached hydrogens (tertiary/aromatic N) is 2. The average molecular weight is 414 g/mol. The smallest absolute Gasteiger partial charge is 0.399 e. The van der Waals surface area contributed by atoms with Crippen LogP contribution in [0.2, 0.25) is 0 Å². The van der Waals surface area contributed by atoms with Crippen LogP contribution in [-0.2, 0) is 35.0 Å². The van der Waals surface area contributed by atoms with Crippen LogP contribution >= 0.6 is 0 Å². The molecule has 1 aliphatic heterocycles. The van der Waals surface area contributed by atoms with E-state index in [0.717, 1.165) is 31.1 Å². The van der Waals surface area contributed by atoms with Crippen molar-refractivity contribution < 1.29 is 9.31 Å². The summed E-state index contributed by atoms with van der Waals surface area (Å²) in [5.41, 5.74) is 5.51.